The van der Waals surface area contributed by atoms with E-state index in [1.165, 1.54) is 45.3 Å². The second-order valence-corrected chi connectivity index (χ2v) is 5.08. The van der Waals surface area contributed by atoms with E-state index >= 15 is 0 Å². The molecule has 1 saturated heterocycles. The lowest BCUT2D eigenvalue weighted by Gasteiger charge is -2.33. The van der Waals surface area contributed by atoms with Gasteiger partial charge >= 0.3 is 0 Å². The summed E-state index contributed by atoms with van der Waals surface area (Å²) in [6, 6.07) is 0. The molecule has 1 nitrogen and oxygen atoms in total. The molecule has 0 radical (unpaired) electrons. The number of hydrogen-bond donors (Lipinski definition) is 0. The van der Waals surface area contributed by atoms with Gasteiger partial charge in [0.15, 0.2) is 0 Å². The summed E-state index contributed by atoms with van der Waals surface area (Å²) in [7, 11) is 0. The van der Waals surface area contributed by atoms with Gasteiger partial charge in [-0.2, -0.15) is 0 Å². The second-order valence-electron chi connectivity index (χ2n) is 5.08. The molecule has 1 heteroatoms. The van der Waals surface area contributed by atoms with E-state index in [1.54, 1.807) is 0 Å². The number of terminal acetylenes is 1. The number of unbranched alkanes of at least 4 members (excludes halogenated alkanes) is 2. The Balaban J connectivity index is 2.07. The van der Waals surface area contributed by atoms with Gasteiger partial charge in [-0.1, -0.05) is 13.8 Å². The van der Waals surface area contributed by atoms with Crippen LogP contribution in [0.15, 0.2) is 0 Å². The topological polar surface area (TPSA) is 3.24 Å². The standard InChI is InChI=1S/C14H25N/c1-4-5-6-7-10-15-11-8-14(9-12-15)13(2)3/h1,13-14H,5-12H2,2-3H3. The molecule has 1 rings (SSSR count). The highest BCUT2D eigenvalue weighted by molar-refractivity contribution is 4.83. The van der Waals surface area contributed by atoms with Crippen molar-refractivity contribution in [2.75, 3.05) is 19.6 Å². The predicted molar refractivity (Wildman–Crippen MR) is 66.7 cm³/mol. The fourth-order valence-corrected chi connectivity index (χ4v) is 2.41. The first kappa shape index (κ1) is 12.6. The minimum atomic E-state index is 0.869. The fraction of sp³-hybridized carbons (Fsp3) is 0.857. The lowest BCUT2D eigenvalue weighted by Crippen LogP contribution is -2.35. The monoisotopic (exact) mass is 207 g/mol. The van der Waals surface area contributed by atoms with Gasteiger partial charge in [0.1, 0.15) is 0 Å². The third-order valence-corrected chi connectivity index (χ3v) is 3.62. The first-order chi connectivity index (χ1) is 7.24. The van der Waals surface area contributed by atoms with Crippen molar-refractivity contribution in [3.8, 4) is 12.3 Å². The van der Waals surface area contributed by atoms with Crippen LogP contribution in [0.3, 0.4) is 0 Å². The third kappa shape index (κ3) is 4.71. The van der Waals surface area contributed by atoms with E-state index in [4.69, 9.17) is 6.42 Å². The fourth-order valence-electron chi connectivity index (χ4n) is 2.41. The molecule has 86 valence electrons. The van der Waals surface area contributed by atoms with Crippen LogP contribution in [0.2, 0.25) is 0 Å². The van der Waals surface area contributed by atoms with Gasteiger partial charge in [0.25, 0.3) is 0 Å². The number of nitrogens with zero attached hydrogens (tertiary/aromatic N) is 1. The summed E-state index contributed by atoms with van der Waals surface area (Å²) in [5, 5.41) is 0. The van der Waals surface area contributed by atoms with Crippen LogP contribution in [0, 0.1) is 24.2 Å². The molecule has 1 fully saturated rings. The lowest BCUT2D eigenvalue weighted by molar-refractivity contribution is 0.156. The van der Waals surface area contributed by atoms with Gasteiger partial charge in [-0.25, -0.2) is 0 Å². The van der Waals surface area contributed by atoms with Crippen LogP contribution in [0.1, 0.15) is 46.0 Å². The van der Waals surface area contributed by atoms with Gasteiger partial charge in [0, 0.05) is 6.42 Å². The summed E-state index contributed by atoms with van der Waals surface area (Å²) < 4.78 is 0. The number of piperidine rings is 1. The Morgan fingerprint density at radius 2 is 1.93 bits per heavy atom. The van der Waals surface area contributed by atoms with Crippen LogP contribution in [0.25, 0.3) is 0 Å². The second kappa shape index (κ2) is 6.90. The molecule has 0 saturated carbocycles. The molecule has 0 N–H and O–H groups in total. The number of hydrogen-bond acceptors (Lipinski definition) is 1. The summed E-state index contributed by atoms with van der Waals surface area (Å²) in [6.07, 6.45) is 11.4. The van der Waals surface area contributed by atoms with E-state index in [0.29, 0.717) is 0 Å². The van der Waals surface area contributed by atoms with Crippen LogP contribution in [-0.2, 0) is 0 Å². The zero-order chi connectivity index (χ0) is 11.1. The third-order valence-electron chi connectivity index (χ3n) is 3.62. The molecule has 0 aliphatic carbocycles. The molecule has 0 aromatic rings. The highest BCUT2D eigenvalue weighted by atomic mass is 15.1. The Kier molecular flexibility index (Phi) is 5.79. The maximum atomic E-state index is 5.24. The quantitative estimate of drug-likeness (QED) is 0.494. The van der Waals surface area contributed by atoms with Crippen LogP contribution in [0.5, 0.6) is 0 Å². The van der Waals surface area contributed by atoms with Gasteiger partial charge in [0.2, 0.25) is 0 Å². The van der Waals surface area contributed by atoms with Crippen molar-refractivity contribution in [1.29, 1.82) is 0 Å². The Bertz CT molecular complexity index is 194. The Morgan fingerprint density at radius 1 is 1.27 bits per heavy atom. The molecule has 1 aliphatic heterocycles. The van der Waals surface area contributed by atoms with Crippen molar-refractivity contribution in [2.45, 2.75) is 46.0 Å². The van der Waals surface area contributed by atoms with Crippen molar-refractivity contribution in [1.82, 2.24) is 4.90 Å². The average Bonchev–Trinajstić information content (AvgIpc) is 2.25. The molecule has 1 aliphatic rings. The van der Waals surface area contributed by atoms with Crippen LogP contribution < -0.4 is 0 Å². The van der Waals surface area contributed by atoms with Gasteiger partial charge in [-0.3, -0.25) is 0 Å². The van der Waals surface area contributed by atoms with Gasteiger partial charge in [-0.05, 0) is 57.2 Å². The molecule has 0 aromatic carbocycles. The molecule has 0 unspecified atom stereocenters. The van der Waals surface area contributed by atoms with E-state index in [0.717, 1.165) is 18.3 Å². The molecule has 0 bridgehead atoms. The Morgan fingerprint density at radius 3 is 2.47 bits per heavy atom. The molecular weight excluding hydrogens is 182 g/mol. The Labute approximate surface area is 95.2 Å². The normalized spacial score (nSPS) is 19.3. The first-order valence-corrected chi connectivity index (χ1v) is 6.40. The zero-order valence-corrected chi connectivity index (χ0v) is 10.3. The number of likely N-dealkylation sites (tertiary alicyclic amines) is 1. The van der Waals surface area contributed by atoms with Gasteiger partial charge in [-0.15, -0.1) is 12.3 Å². The van der Waals surface area contributed by atoms with E-state index in [9.17, 15) is 0 Å². The van der Waals surface area contributed by atoms with E-state index < -0.39 is 0 Å². The van der Waals surface area contributed by atoms with E-state index in [-0.39, 0.29) is 0 Å². The summed E-state index contributed by atoms with van der Waals surface area (Å²) in [6.45, 7) is 8.57. The summed E-state index contributed by atoms with van der Waals surface area (Å²) in [5.74, 6) is 4.54. The van der Waals surface area contributed by atoms with Crippen molar-refractivity contribution in [2.24, 2.45) is 11.8 Å². The largest absolute Gasteiger partial charge is 0.303 e. The molecule has 0 aromatic heterocycles. The maximum absolute atomic E-state index is 5.24. The predicted octanol–water partition coefficient (Wildman–Crippen LogP) is 3.16. The summed E-state index contributed by atoms with van der Waals surface area (Å²) >= 11 is 0. The van der Waals surface area contributed by atoms with Gasteiger partial charge < -0.3 is 4.90 Å². The molecular formula is C14H25N. The van der Waals surface area contributed by atoms with Crippen molar-refractivity contribution in [3.63, 3.8) is 0 Å². The van der Waals surface area contributed by atoms with Gasteiger partial charge in [0.05, 0.1) is 0 Å². The van der Waals surface area contributed by atoms with Crippen LogP contribution >= 0.6 is 0 Å². The Hall–Kier alpha value is -0.480. The highest BCUT2D eigenvalue weighted by Gasteiger charge is 2.20. The number of rotatable bonds is 5. The van der Waals surface area contributed by atoms with Crippen molar-refractivity contribution >= 4 is 0 Å². The molecule has 1 heterocycles. The minimum Gasteiger partial charge on any atom is -0.303 e. The molecule has 0 spiro atoms. The lowest BCUT2D eigenvalue weighted by atomic mass is 9.87. The summed E-state index contributed by atoms with van der Waals surface area (Å²) in [4.78, 5) is 2.61. The van der Waals surface area contributed by atoms with Crippen molar-refractivity contribution in [3.05, 3.63) is 0 Å². The molecule has 15 heavy (non-hydrogen) atoms. The van der Waals surface area contributed by atoms with Crippen LogP contribution in [-0.4, -0.2) is 24.5 Å². The van der Waals surface area contributed by atoms with E-state index in [2.05, 4.69) is 24.7 Å². The summed E-state index contributed by atoms with van der Waals surface area (Å²) in [5.41, 5.74) is 0. The van der Waals surface area contributed by atoms with Crippen molar-refractivity contribution < 1.29 is 0 Å². The molecule has 0 atom stereocenters. The minimum absolute atomic E-state index is 0.869. The highest BCUT2D eigenvalue weighted by Crippen LogP contribution is 2.24. The first-order valence-electron chi connectivity index (χ1n) is 6.40. The zero-order valence-electron chi connectivity index (χ0n) is 10.3. The molecule has 0 amide bonds. The average molecular weight is 207 g/mol. The van der Waals surface area contributed by atoms with Crippen LogP contribution in [0.4, 0.5) is 0 Å². The smallest absolute Gasteiger partial charge is 0.00865 e. The maximum Gasteiger partial charge on any atom is 0.00865 e. The van der Waals surface area contributed by atoms with E-state index in [1.807, 2.05) is 0 Å². The SMILES string of the molecule is C#CCCCCN1CCC(C(C)C)CC1.